The molecule has 0 spiro atoms. The molecule has 0 bridgehead atoms. The number of aromatic nitrogens is 1. The van der Waals surface area contributed by atoms with Crippen LogP contribution in [0.2, 0.25) is 0 Å². The molecular weight excluding hydrogens is 278 g/mol. The van der Waals surface area contributed by atoms with Gasteiger partial charge >= 0.3 is 0 Å². The lowest BCUT2D eigenvalue weighted by Gasteiger charge is -2.20. The Bertz CT molecular complexity index is 507. The summed E-state index contributed by atoms with van der Waals surface area (Å²) in [5.41, 5.74) is 2.30. The highest BCUT2D eigenvalue weighted by molar-refractivity contribution is 7.09. The maximum absolute atomic E-state index is 4.65. The molecule has 0 saturated heterocycles. The summed E-state index contributed by atoms with van der Waals surface area (Å²) in [5.74, 6) is 0. The lowest BCUT2D eigenvalue weighted by Crippen LogP contribution is -2.22. The number of anilines is 1. The number of nitrogens with zero attached hydrogens (tertiary/aromatic N) is 2. The second-order valence-corrected chi connectivity index (χ2v) is 6.32. The van der Waals surface area contributed by atoms with E-state index in [1.165, 1.54) is 4.88 Å². The third-order valence-corrected chi connectivity index (χ3v) is 4.45. The normalized spacial score (nSPS) is 12.3. The van der Waals surface area contributed by atoms with Gasteiger partial charge in [0, 0.05) is 18.0 Å². The Morgan fingerprint density at radius 3 is 2.71 bits per heavy atom. The summed E-state index contributed by atoms with van der Waals surface area (Å²) in [6.07, 6.45) is 4.20. The minimum atomic E-state index is 0.363. The highest BCUT2D eigenvalue weighted by atomic mass is 32.1. The Labute approximate surface area is 132 Å². The van der Waals surface area contributed by atoms with E-state index in [9.17, 15) is 0 Å². The van der Waals surface area contributed by atoms with Crippen molar-refractivity contribution in [3.05, 3.63) is 46.4 Å². The zero-order chi connectivity index (χ0) is 15.1. The van der Waals surface area contributed by atoms with Crippen molar-refractivity contribution in [2.45, 2.75) is 39.3 Å². The molecule has 0 amide bonds. The standard InChI is InChI=1S/C17H25N3S/c1-4-10-18-16(5-2)17-9-8-14(12-19-17)20(3)13-15-7-6-11-21-15/h6-9,11-12,16,18H,4-5,10,13H2,1-3H3. The maximum Gasteiger partial charge on any atom is 0.0574 e. The molecule has 0 radical (unpaired) electrons. The molecular formula is C17H25N3S. The van der Waals surface area contributed by atoms with Crippen molar-refractivity contribution in [3.8, 4) is 0 Å². The average Bonchev–Trinajstić information content (AvgIpc) is 3.01. The van der Waals surface area contributed by atoms with Crippen LogP contribution in [0.3, 0.4) is 0 Å². The van der Waals surface area contributed by atoms with E-state index >= 15 is 0 Å². The number of hydrogen-bond acceptors (Lipinski definition) is 4. The van der Waals surface area contributed by atoms with Gasteiger partial charge in [0.15, 0.2) is 0 Å². The summed E-state index contributed by atoms with van der Waals surface area (Å²) < 4.78 is 0. The van der Waals surface area contributed by atoms with E-state index in [1.54, 1.807) is 11.3 Å². The van der Waals surface area contributed by atoms with Crippen molar-refractivity contribution >= 4 is 17.0 Å². The molecule has 0 fully saturated rings. The van der Waals surface area contributed by atoms with E-state index in [4.69, 9.17) is 0 Å². The van der Waals surface area contributed by atoms with Gasteiger partial charge in [-0.25, -0.2) is 0 Å². The van der Waals surface area contributed by atoms with Gasteiger partial charge in [0.1, 0.15) is 0 Å². The molecule has 4 heteroatoms. The number of pyridine rings is 1. The van der Waals surface area contributed by atoms with Gasteiger partial charge in [-0.1, -0.05) is 19.9 Å². The zero-order valence-electron chi connectivity index (χ0n) is 13.2. The quantitative estimate of drug-likeness (QED) is 0.791. The highest BCUT2D eigenvalue weighted by Gasteiger charge is 2.10. The fraction of sp³-hybridized carbons (Fsp3) is 0.471. The van der Waals surface area contributed by atoms with Crippen LogP contribution >= 0.6 is 11.3 Å². The molecule has 21 heavy (non-hydrogen) atoms. The smallest absolute Gasteiger partial charge is 0.0574 e. The van der Waals surface area contributed by atoms with Crippen molar-refractivity contribution in [2.24, 2.45) is 0 Å². The fourth-order valence-electron chi connectivity index (χ4n) is 2.33. The van der Waals surface area contributed by atoms with Crippen LogP contribution in [-0.2, 0) is 6.54 Å². The Morgan fingerprint density at radius 1 is 1.29 bits per heavy atom. The number of thiophene rings is 1. The Hall–Kier alpha value is -1.39. The van der Waals surface area contributed by atoms with Crippen LogP contribution in [0.4, 0.5) is 5.69 Å². The molecule has 0 aliphatic rings. The molecule has 0 aromatic carbocycles. The molecule has 2 aromatic rings. The molecule has 2 rings (SSSR count). The van der Waals surface area contributed by atoms with Gasteiger partial charge in [0.05, 0.1) is 24.1 Å². The molecule has 0 aliphatic carbocycles. The molecule has 0 aliphatic heterocycles. The molecule has 2 heterocycles. The summed E-state index contributed by atoms with van der Waals surface area (Å²) in [7, 11) is 2.11. The number of nitrogens with one attached hydrogen (secondary N) is 1. The van der Waals surface area contributed by atoms with Crippen molar-refractivity contribution in [1.82, 2.24) is 10.3 Å². The maximum atomic E-state index is 4.65. The first-order valence-electron chi connectivity index (χ1n) is 7.67. The second kappa shape index (κ2) is 8.15. The minimum absolute atomic E-state index is 0.363. The summed E-state index contributed by atoms with van der Waals surface area (Å²) in [5, 5.41) is 5.67. The summed E-state index contributed by atoms with van der Waals surface area (Å²) in [4.78, 5) is 8.26. The van der Waals surface area contributed by atoms with Gasteiger partial charge in [-0.2, -0.15) is 0 Å². The first kappa shape index (κ1) is 16.0. The van der Waals surface area contributed by atoms with E-state index in [1.807, 2.05) is 6.20 Å². The molecule has 0 saturated carbocycles. The first-order chi connectivity index (χ1) is 10.2. The SMILES string of the molecule is CCCNC(CC)c1ccc(N(C)Cc2cccs2)cn1. The molecule has 114 valence electrons. The van der Waals surface area contributed by atoms with Crippen LogP contribution in [0.5, 0.6) is 0 Å². The van der Waals surface area contributed by atoms with E-state index in [0.29, 0.717) is 6.04 Å². The van der Waals surface area contributed by atoms with Crippen molar-refractivity contribution in [1.29, 1.82) is 0 Å². The van der Waals surface area contributed by atoms with Crippen molar-refractivity contribution in [3.63, 3.8) is 0 Å². The van der Waals surface area contributed by atoms with E-state index < -0.39 is 0 Å². The van der Waals surface area contributed by atoms with Gasteiger partial charge in [-0.3, -0.25) is 4.98 Å². The summed E-state index contributed by atoms with van der Waals surface area (Å²) in [6.45, 7) is 6.37. The summed E-state index contributed by atoms with van der Waals surface area (Å²) >= 11 is 1.79. The molecule has 2 aromatic heterocycles. The lowest BCUT2D eigenvalue weighted by atomic mass is 10.1. The zero-order valence-corrected chi connectivity index (χ0v) is 14.0. The highest BCUT2D eigenvalue weighted by Crippen LogP contribution is 2.20. The van der Waals surface area contributed by atoms with E-state index in [-0.39, 0.29) is 0 Å². The molecule has 1 N–H and O–H groups in total. The first-order valence-corrected chi connectivity index (χ1v) is 8.55. The van der Waals surface area contributed by atoms with Crippen LogP contribution in [0, 0.1) is 0 Å². The molecule has 1 unspecified atom stereocenters. The van der Waals surface area contributed by atoms with Crippen molar-refractivity contribution in [2.75, 3.05) is 18.5 Å². The number of hydrogen-bond donors (Lipinski definition) is 1. The predicted octanol–water partition coefficient (Wildman–Crippen LogP) is 4.23. The van der Waals surface area contributed by atoms with Gasteiger partial charge in [0.25, 0.3) is 0 Å². The van der Waals surface area contributed by atoms with Crippen LogP contribution in [0.15, 0.2) is 35.8 Å². The second-order valence-electron chi connectivity index (χ2n) is 5.29. The van der Waals surface area contributed by atoms with Gasteiger partial charge in [-0.15, -0.1) is 11.3 Å². The van der Waals surface area contributed by atoms with E-state index in [0.717, 1.165) is 37.3 Å². The third-order valence-electron chi connectivity index (χ3n) is 3.59. The Balaban J connectivity index is 2.00. The van der Waals surface area contributed by atoms with Crippen LogP contribution < -0.4 is 10.2 Å². The van der Waals surface area contributed by atoms with Crippen LogP contribution in [-0.4, -0.2) is 18.6 Å². The van der Waals surface area contributed by atoms with Gasteiger partial charge < -0.3 is 10.2 Å². The lowest BCUT2D eigenvalue weighted by molar-refractivity contribution is 0.507. The Kier molecular flexibility index (Phi) is 6.21. The predicted molar refractivity (Wildman–Crippen MR) is 92.0 cm³/mol. The van der Waals surface area contributed by atoms with Crippen LogP contribution in [0.1, 0.15) is 43.3 Å². The third kappa shape index (κ3) is 4.55. The topological polar surface area (TPSA) is 28.2 Å². The van der Waals surface area contributed by atoms with Crippen LogP contribution in [0.25, 0.3) is 0 Å². The van der Waals surface area contributed by atoms with Gasteiger partial charge in [-0.05, 0) is 43.0 Å². The fourth-order valence-corrected chi connectivity index (χ4v) is 3.09. The Morgan fingerprint density at radius 2 is 2.14 bits per heavy atom. The molecule has 1 atom stereocenters. The average molecular weight is 303 g/mol. The monoisotopic (exact) mass is 303 g/mol. The largest absolute Gasteiger partial charge is 0.368 e. The van der Waals surface area contributed by atoms with Gasteiger partial charge in [0.2, 0.25) is 0 Å². The minimum Gasteiger partial charge on any atom is -0.368 e. The number of rotatable bonds is 8. The van der Waals surface area contributed by atoms with Crippen molar-refractivity contribution < 1.29 is 0 Å². The van der Waals surface area contributed by atoms with E-state index in [2.05, 4.69) is 65.7 Å². The molecule has 3 nitrogen and oxygen atoms in total. The summed E-state index contributed by atoms with van der Waals surface area (Å²) in [6, 6.07) is 8.95.